The minimum atomic E-state index is 0. The second kappa shape index (κ2) is 23.5. The highest BCUT2D eigenvalue weighted by atomic mass is 35.5. The fourth-order valence-electron chi connectivity index (χ4n) is 2.82. The van der Waals surface area contributed by atoms with E-state index in [2.05, 4.69) is 26.0 Å². The Labute approximate surface area is 163 Å². The fourth-order valence-corrected chi connectivity index (χ4v) is 3.01. The highest BCUT2D eigenvalue weighted by molar-refractivity contribution is 6.17. The van der Waals surface area contributed by atoms with Crippen molar-refractivity contribution in [1.29, 1.82) is 0 Å². The van der Waals surface area contributed by atoms with Crippen molar-refractivity contribution in [3.05, 3.63) is 35.9 Å². The summed E-state index contributed by atoms with van der Waals surface area (Å²) >= 11 is 5.64. The summed E-state index contributed by atoms with van der Waals surface area (Å²) < 4.78 is 0. The van der Waals surface area contributed by atoms with Crippen molar-refractivity contribution in [2.45, 2.75) is 104 Å². The van der Waals surface area contributed by atoms with Gasteiger partial charge in [-0.1, -0.05) is 126 Å². The topological polar surface area (TPSA) is 35.0 Å². The zero-order chi connectivity index (χ0) is 17.7. The number of alkyl halides is 1. The van der Waals surface area contributed by atoms with Gasteiger partial charge in [0.25, 0.3) is 0 Å². The molecule has 3 N–H and O–H groups in total. The van der Waals surface area contributed by atoms with E-state index in [0.717, 1.165) is 5.88 Å². The summed E-state index contributed by atoms with van der Waals surface area (Å²) in [7, 11) is 0. The van der Waals surface area contributed by atoms with Gasteiger partial charge in [-0.3, -0.25) is 0 Å². The molecule has 0 aliphatic carbocycles. The normalized spacial score (nSPS) is 9.88. The zero-order valence-corrected chi connectivity index (χ0v) is 17.8. The summed E-state index contributed by atoms with van der Waals surface area (Å²) in [4.78, 5) is 0. The van der Waals surface area contributed by atoms with Gasteiger partial charge in [0.05, 0.1) is 0 Å². The minimum absolute atomic E-state index is 0. The Balaban J connectivity index is 0. The monoisotopic (exact) mass is 369 g/mol. The molecule has 0 amide bonds. The van der Waals surface area contributed by atoms with Gasteiger partial charge < -0.3 is 6.15 Å². The Bertz CT molecular complexity index is 312. The first-order valence-electron chi connectivity index (χ1n) is 10.4. The lowest BCUT2D eigenvalue weighted by atomic mass is 10.0. The van der Waals surface area contributed by atoms with E-state index in [-0.39, 0.29) is 6.15 Å². The van der Waals surface area contributed by atoms with Crippen molar-refractivity contribution in [3.8, 4) is 0 Å². The van der Waals surface area contributed by atoms with Crippen LogP contribution in [0.5, 0.6) is 0 Å². The van der Waals surface area contributed by atoms with Crippen LogP contribution in [0.25, 0.3) is 0 Å². The maximum Gasteiger partial charge on any atom is 0.0223 e. The highest BCUT2D eigenvalue weighted by Gasteiger charge is 1.93. The van der Waals surface area contributed by atoms with E-state index in [1.54, 1.807) is 0 Å². The van der Waals surface area contributed by atoms with Crippen LogP contribution in [0.4, 0.5) is 0 Å². The Kier molecular flexibility index (Phi) is 25.1. The molecule has 0 bridgehead atoms. The molecule has 0 fully saturated rings. The molecule has 0 aliphatic heterocycles. The van der Waals surface area contributed by atoms with E-state index in [1.165, 1.54) is 95.5 Å². The van der Waals surface area contributed by atoms with Crippen molar-refractivity contribution in [1.82, 2.24) is 6.15 Å². The Morgan fingerprint density at radius 1 is 0.600 bits per heavy atom. The average Bonchev–Trinajstić information content (AvgIpc) is 2.60. The smallest absolute Gasteiger partial charge is 0.0223 e. The molecule has 1 aromatic carbocycles. The van der Waals surface area contributed by atoms with Crippen LogP contribution in [0, 0.1) is 6.92 Å². The van der Waals surface area contributed by atoms with Gasteiger partial charge in [0, 0.05) is 5.88 Å². The third kappa shape index (κ3) is 23.5. The Morgan fingerprint density at radius 2 is 0.960 bits per heavy atom. The number of unbranched alkanes of at least 4 members (excludes halogenated alkanes) is 13. The van der Waals surface area contributed by atoms with Crippen LogP contribution < -0.4 is 6.15 Å². The number of benzene rings is 1. The molecule has 2 heteroatoms. The van der Waals surface area contributed by atoms with Gasteiger partial charge in [-0.05, 0) is 13.3 Å². The summed E-state index contributed by atoms with van der Waals surface area (Å²) in [6.45, 7) is 4.37. The van der Waals surface area contributed by atoms with Crippen LogP contribution in [0.2, 0.25) is 0 Å². The molecule has 1 aromatic rings. The number of hydrogen-bond acceptors (Lipinski definition) is 1. The number of aryl methyl sites for hydroxylation is 1. The largest absolute Gasteiger partial charge is 0.344 e. The number of halogens is 1. The Hall–Kier alpha value is -0.530. The molecule has 0 aromatic heterocycles. The van der Waals surface area contributed by atoms with Crippen LogP contribution in [0.1, 0.15) is 102 Å². The third-order valence-corrected chi connectivity index (χ3v) is 4.69. The van der Waals surface area contributed by atoms with E-state index < -0.39 is 0 Å². The van der Waals surface area contributed by atoms with Gasteiger partial charge in [-0.15, -0.1) is 11.6 Å². The molecule has 25 heavy (non-hydrogen) atoms. The van der Waals surface area contributed by atoms with Crippen LogP contribution >= 0.6 is 11.6 Å². The molecule has 1 nitrogen and oxygen atoms in total. The molecule has 0 radical (unpaired) electrons. The van der Waals surface area contributed by atoms with Crippen molar-refractivity contribution >= 4 is 11.6 Å². The van der Waals surface area contributed by atoms with E-state index in [0.29, 0.717) is 0 Å². The molecule has 0 atom stereocenters. The van der Waals surface area contributed by atoms with Crippen molar-refractivity contribution in [3.63, 3.8) is 0 Å². The summed E-state index contributed by atoms with van der Waals surface area (Å²) in [5.41, 5.74) is 1.32. The van der Waals surface area contributed by atoms with E-state index in [4.69, 9.17) is 11.6 Å². The first-order chi connectivity index (χ1) is 11.8. The summed E-state index contributed by atoms with van der Waals surface area (Å²) in [6, 6.07) is 10.3. The first-order valence-corrected chi connectivity index (χ1v) is 10.9. The van der Waals surface area contributed by atoms with Gasteiger partial charge in [0.1, 0.15) is 0 Å². The second-order valence-corrected chi connectivity index (χ2v) is 7.32. The highest BCUT2D eigenvalue weighted by Crippen LogP contribution is 2.12. The predicted molar refractivity (Wildman–Crippen MR) is 117 cm³/mol. The Morgan fingerprint density at radius 3 is 1.24 bits per heavy atom. The van der Waals surface area contributed by atoms with Crippen LogP contribution in [-0.2, 0) is 0 Å². The van der Waals surface area contributed by atoms with E-state index in [1.807, 2.05) is 18.2 Å². The quantitative estimate of drug-likeness (QED) is 0.258. The van der Waals surface area contributed by atoms with E-state index in [9.17, 15) is 0 Å². The standard InChI is InChI=1S/C16H33Cl.C7H8.H3N/c1-2-3-4-5-6-7-8-9-10-11-12-13-14-15-16-17;1-7-5-3-2-4-6-7;/h2-16H2,1H3;2-6H,1H3;1H3. The van der Waals surface area contributed by atoms with Crippen LogP contribution in [-0.4, -0.2) is 5.88 Å². The van der Waals surface area contributed by atoms with Crippen LogP contribution in [0.3, 0.4) is 0 Å². The molecule has 1 rings (SSSR count). The number of rotatable bonds is 14. The van der Waals surface area contributed by atoms with Crippen molar-refractivity contribution in [2.24, 2.45) is 0 Å². The molecule has 0 saturated heterocycles. The maximum atomic E-state index is 5.64. The summed E-state index contributed by atoms with van der Waals surface area (Å²) in [6.07, 6.45) is 19.8. The zero-order valence-electron chi connectivity index (χ0n) is 17.1. The molecule has 0 heterocycles. The molecule has 0 spiro atoms. The van der Waals surface area contributed by atoms with Crippen LogP contribution in [0.15, 0.2) is 30.3 Å². The summed E-state index contributed by atoms with van der Waals surface area (Å²) in [5, 5.41) is 0. The first kappa shape index (κ1) is 26.7. The lowest BCUT2D eigenvalue weighted by molar-refractivity contribution is 0.538. The van der Waals surface area contributed by atoms with Gasteiger partial charge in [0.15, 0.2) is 0 Å². The lowest BCUT2D eigenvalue weighted by Gasteiger charge is -2.02. The van der Waals surface area contributed by atoms with Crippen molar-refractivity contribution < 1.29 is 0 Å². The number of hydrogen-bond donors (Lipinski definition) is 1. The average molecular weight is 370 g/mol. The fraction of sp³-hybridized carbons (Fsp3) is 0.739. The molecule has 0 aliphatic rings. The van der Waals surface area contributed by atoms with Gasteiger partial charge in [-0.2, -0.15) is 0 Å². The van der Waals surface area contributed by atoms with Crippen molar-refractivity contribution in [2.75, 3.05) is 5.88 Å². The maximum absolute atomic E-state index is 5.64. The van der Waals surface area contributed by atoms with E-state index >= 15 is 0 Å². The van der Waals surface area contributed by atoms with Gasteiger partial charge in [-0.25, -0.2) is 0 Å². The third-order valence-electron chi connectivity index (χ3n) is 4.43. The molecular formula is C23H44ClN. The molecular weight excluding hydrogens is 326 g/mol. The molecule has 0 saturated carbocycles. The minimum Gasteiger partial charge on any atom is -0.344 e. The SMILES string of the molecule is CCCCCCCCCCCCCCCCCl.Cc1ccccc1.N. The predicted octanol–water partition coefficient (Wildman–Crippen LogP) is 8.86. The molecule has 0 unspecified atom stereocenters. The second-order valence-electron chi connectivity index (χ2n) is 6.94. The molecule has 148 valence electrons. The summed E-state index contributed by atoms with van der Waals surface area (Å²) in [5.74, 6) is 0.845. The lowest BCUT2D eigenvalue weighted by Crippen LogP contribution is -1.83. The van der Waals surface area contributed by atoms with Gasteiger partial charge >= 0.3 is 0 Å². The van der Waals surface area contributed by atoms with Gasteiger partial charge in [0.2, 0.25) is 0 Å².